The fourth-order valence-electron chi connectivity index (χ4n) is 3.67. The fourth-order valence-corrected chi connectivity index (χ4v) is 3.67. The lowest BCUT2D eigenvalue weighted by Crippen LogP contribution is -2.27. The molecule has 0 radical (unpaired) electrons. The Morgan fingerprint density at radius 3 is 2.42 bits per heavy atom. The van der Waals surface area contributed by atoms with Gasteiger partial charge in [0.05, 0.1) is 24.4 Å². The van der Waals surface area contributed by atoms with Crippen LogP contribution in [-0.2, 0) is 20.8 Å². The maximum atomic E-state index is 12.1. The maximum Gasteiger partial charge on any atom is 0.311 e. The number of ether oxygens (including phenoxy) is 1. The summed E-state index contributed by atoms with van der Waals surface area (Å²) in [5.41, 5.74) is 2.50. The van der Waals surface area contributed by atoms with Crippen molar-refractivity contribution in [3.63, 3.8) is 0 Å². The summed E-state index contributed by atoms with van der Waals surface area (Å²) in [4.78, 5) is 22.2. The highest BCUT2D eigenvalue weighted by atomic mass is 16.6. The van der Waals surface area contributed by atoms with E-state index in [9.17, 15) is 4.79 Å². The van der Waals surface area contributed by atoms with Crippen molar-refractivity contribution in [2.45, 2.75) is 46.1 Å². The van der Waals surface area contributed by atoms with Crippen LogP contribution in [0.15, 0.2) is 84.5 Å². The van der Waals surface area contributed by atoms with Crippen LogP contribution in [0.5, 0.6) is 0 Å². The Bertz CT molecular complexity index is 1000. The zero-order valence-corrected chi connectivity index (χ0v) is 19.7. The van der Waals surface area contributed by atoms with Crippen LogP contribution in [0.4, 0.5) is 0 Å². The summed E-state index contributed by atoms with van der Waals surface area (Å²) in [7, 11) is 0. The van der Waals surface area contributed by atoms with Crippen LogP contribution in [-0.4, -0.2) is 34.4 Å². The fraction of sp³-hybridized carbons (Fsp3) is 0.370. The van der Waals surface area contributed by atoms with Crippen molar-refractivity contribution in [2.75, 3.05) is 13.2 Å². The number of carbonyl (C=O) groups is 1. The van der Waals surface area contributed by atoms with E-state index in [1.165, 1.54) is 5.56 Å². The van der Waals surface area contributed by atoms with Gasteiger partial charge in [0.1, 0.15) is 12.3 Å². The number of rotatable bonds is 12. The number of benzene rings is 2. The highest BCUT2D eigenvalue weighted by Crippen LogP contribution is 2.25. The molecule has 1 unspecified atom stereocenters. The van der Waals surface area contributed by atoms with Gasteiger partial charge in [-0.05, 0) is 45.6 Å². The van der Waals surface area contributed by atoms with E-state index in [2.05, 4.69) is 26.8 Å². The second kappa shape index (κ2) is 12.0. The minimum Gasteiger partial charge on any atom is -0.466 e. The number of hydrogen-bond donors (Lipinski definition) is 0. The van der Waals surface area contributed by atoms with Crippen LogP contribution >= 0.6 is 0 Å². The van der Waals surface area contributed by atoms with Crippen LogP contribution in [0.25, 0.3) is 0 Å². The minimum atomic E-state index is -0.544. The third kappa shape index (κ3) is 7.04. The van der Waals surface area contributed by atoms with Crippen LogP contribution in [0.1, 0.15) is 50.8 Å². The first-order valence-corrected chi connectivity index (χ1v) is 11.4. The van der Waals surface area contributed by atoms with Crippen LogP contribution < -0.4 is 0 Å². The van der Waals surface area contributed by atoms with Gasteiger partial charge in [-0.25, -0.2) is 4.98 Å². The third-order valence-electron chi connectivity index (χ3n) is 5.57. The lowest BCUT2D eigenvalue weighted by atomic mass is 9.88. The molecule has 1 aromatic heterocycles. The lowest BCUT2D eigenvalue weighted by molar-refractivity contribution is -0.153. The molecule has 0 aliphatic heterocycles. The Morgan fingerprint density at radius 2 is 1.79 bits per heavy atom. The quantitative estimate of drug-likeness (QED) is 0.160. The molecule has 2 aromatic carbocycles. The average Bonchev–Trinajstić information content (AvgIpc) is 3.36. The zero-order chi connectivity index (χ0) is 23.5. The van der Waals surface area contributed by atoms with Crippen molar-refractivity contribution in [2.24, 2.45) is 10.6 Å². The van der Waals surface area contributed by atoms with Gasteiger partial charge in [0.25, 0.3) is 0 Å². The summed E-state index contributed by atoms with van der Waals surface area (Å²) in [5, 5.41) is 4.60. The molecule has 0 bridgehead atoms. The molecule has 6 heteroatoms. The van der Waals surface area contributed by atoms with E-state index < -0.39 is 5.41 Å². The Kier molecular flexibility index (Phi) is 8.81. The van der Waals surface area contributed by atoms with E-state index in [0.717, 1.165) is 17.7 Å². The molecule has 0 aliphatic rings. The van der Waals surface area contributed by atoms with Gasteiger partial charge in [0, 0.05) is 18.0 Å². The minimum absolute atomic E-state index is 0.0757. The van der Waals surface area contributed by atoms with Crippen LogP contribution in [0, 0.1) is 5.41 Å². The molecule has 3 rings (SSSR count). The Hall–Kier alpha value is -3.41. The molecule has 1 heterocycles. The number of carbonyl (C=O) groups excluding carboxylic acids is 1. The second-order valence-corrected chi connectivity index (χ2v) is 8.60. The Morgan fingerprint density at radius 1 is 1.09 bits per heavy atom. The molecule has 174 valence electrons. The number of esters is 1. The molecule has 33 heavy (non-hydrogen) atoms. The summed E-state index contributed by atoms with van der Waals surface area (Å²) in [5.74, 6) is -0.179. The Labute approximate surface area is 196 Å². The van der Waals surface area contributed by atoms with Gasteiger partial charge in [-0.1, -0.05) is 65.8 Å². The standard InChI is InChI=1S/C27H33N3O3/c1-4-32-26(31)27(2,3)16-11-19-33-29-25(23-14-9-6-10-15-23)24(30-18-17-28-21-30)20-22-12-7-5-8-13-22/h5-10,12-15,17-18,21,24H,4,11,16,19-20H2,1-3H3/b29-25+. The summed E-state index contributed by atoms with van der Waals surface area (Å²) >= 11 is 0. The molecule has 1 atom stereocenters. The monoisotopic (exact) mass is 447 g/mol. The molecular weight excluding hydrogens is 414 g/mol. The van der Waals surface area contributed by atoms with Gasteiger partial charge in [-0.2, -0.15) is 0 Å². The van der Waals surface area contributed by atoms with Crippen molar-refractivity contribution in [3.05, 3.63) is 90.5 Å². The largest absolute Gasteiger partial charge is 0.466 e. The number of nitrogens with zero attached hydrogens (tertiary/aromatic N) is 3. The smallest absolute Gasteiger partial charge is 0.311 e. The van der Waals surface area contributed by atoms with Crippen molar-refractivity contribution >= 4 is 11.7 Å². The Balaban J connectivity index is 1.77. The van der Waals surface area contributed by atoms with Gasteiger partial charge in [-0.3, -0.25) is 4.79 Å². The molecular formula is C27H33N3O3. The maximum absolute atomic E-state index is 12.1. The van der Waals surface area contributed by atoms with E-state index in [4.69, 9.17) is 9.57 Å². The van der Waals surface area contributed by atoms with Crippen LogP contribution in [0.2, 0.25) is 0 Å². The average molecular weight is 448 g/mol. The SMILES string of the molecule is CCOC(=O)C(C)(C)CCCO/N=C(\c1ccccc1)C(Cc1ccccc1)n1ccnc1. The second-order valence-electron chi connectivity index (χ2n) is 8.60. The summed E-state index contributed by atoms with van der Waals surface area (Å²) in [6.07, 6.45) is 7.66. The van der Waals surface area contributed by atoms with Gasteiger partial charge >= 0.3 is 5.97 Å². The van der Waals surface area contributed by atoms with E-state index in [1.807, 2.05) is 81.8 Å². The summed E-state index contributed by atoms with van der Waals surface area (Å²) in [6.45, 7) is 6.43. The molecule has 0 saturated heterocycles. The molecule has 0 spiro atoms. The van der Waals surface area contributed by atoms with Gasteiger partial charge in [0.15, 0.2) is 0 Å². The first-order chi connectivity index (χ1) is 16.0. The van der Waals surface area contributed by atoms with Crippen molar-refractivity contribution in [3.8, 4) is 0 Å². The third-order valence-corrected chi connectivity index (χ3v) is 5.57. The van der Waals surface area contributed by atoms with E-state index >= 15 is 0 Å². The number of oxime groups is 1. The van der Waals surface area contributed by atoms with E-state index in [0.29, 0.717) is 26.1 Å². The van der Waals surface area contributed by atoms with Gasteiger partial charge in [0.2, 0.25) is 0 Å². The first-order valence-electron chi connectivity index (χ1n) is 11.4. The van der Waals surface area contributed by atoms with Crippen LogP contribution in [0.3, 0.4) is 0 Å². The summed E-state index contributed by atoms with van der Waals surface area (Å²) < 4.78 is 7.23. The topological polar surface area (TPSA) is 65.7 Å². The zero-order valence-electron chi connectivity index (χ0n) is 19.7. The molecule has 0 aliphatic carbocycles. The van der Waals surface area contributed by atoms with Crippen molar-refractivity contribution in [1.82, 2.24) is 9.55 Å². The van der Waals surface area contributed by atoms with Crippen molar-refractivity contribution < 1.29 is 14.4 Å². The lowest BCUT2D eigenvalue weighted by Gasteiger charge is -2.22. The van der Waals surface area contributed by atoms with E-state index in [-0.39, 0.29) is 12.0 Å². The molecule has 0 N–H and O–H groups in total. The molecule has 3 aromatic rings. The number of imidazole rings is 1. The van der Waals surface area contributed by atoms with Gasteiger partial charge < -0.3 is 14.1 Å². The van der Waals surface area contributed by atoms with Crippen molar-refractivity contribution in [1.29, 1.82) is 0 Å². The molecule has 0 amide bonds. The molecule has 0 fully saturated rings. The predicted octanol–water partition coefficient (Wildman–Crippen LogP) is 5.46. The normalized spacial score (nSPS) is 12.9. The van der Waals surface area contributed by atoms with E-state index in [1.54, 1.807) is 6.20 Å². The highest BCUT2D eigenvalue weighted by Gasteiger charge is 2.28. The predicted molar refractivity (Wildman–Crippen MR) is 130 cm³/mol. The number of aromatic nitrogens is 2. The highest BCUT2D eigenvalue weighted by molar-refractivity contribution is 6.03. The summed E-state index contributed by atoms with van der Waals surface area (Å²) in [6, 6.07) is 20.3. The first kappa shape index (κ1) is 24.2. The molecule has 0 saturated carbocycles. The number of hydrogen-bond acceptors (Lipinski definition) is 5. The molecule has 6 nitrogen and oxygen atoms in total. The van der Waals surface area contributed by atoms with Gasteiger partial charge in [-0.15, -0.1) is 0 Å².